The Kier molecular flexibility index (Phi) is 5.94. The van der Waals surface area contributed by atoms with Crippen LogP contribution in [0, 0.1) is 13.8 Å². The number of hydrogen-bond donors (Lipinski definition) is 0. The number of likely N-dealkylation sites (tertiary alicyclic amines) is 1. The van der Waals surface area contributed by atoms with E-state index in [2.05, 4.69) is 11.1 Å². The van der Waals surface area contributed by atoms with Crippen molar-refractivity contribution in [3.63, 3.8) is 0 Å². The quantitative estimate of drug-likeness (QED) is 0.813. The minimum absolute atomic E-state index is 0.0651. The lowest BCUT2D eigenvalue weighted by atomic mass is 9.94. The molecular weight excluding hydrogens is 342 g/mol. The Morgan fingerprint density at radius 2 is 2.07 bits per heavy atom. The van der Waals surface area contributed by atoms with Gasteiger partial charge in [0, 0.05) is 30.9 Å². The molecule has 6 heteroatoms. The number of amides is 1. The Balaban J connectivity index is 1.75. The van der Waals surface area contributed by atoms with Gasteiger partial charge in [-0.3, -0.25) is 9.36 Å². The van der Waals surface area contributed by atoms with Gasteiger partial charge >= 0.3 is 5.69 Å². The van der Waals surface area contributed by atoms with Crippen LogP contribution in [0.5, 0.6) is 5.75 Å². The maximum atomic E-state index is 13.0. The molecule has 144 valence electrons. The second-order valence-corrected chi connectivity index (χ2v) is 7.10. The zero-order valence-corrected chi connectivity index (χ0v) is 16.3. The Bertz CT molecular complexity index is 875. The summed E-state index contributed by atoms with van der Waals surface area (Å²) < 4.78 is 6.91. The number of benzene rings is 1. The molecule has 3 rings (SSSR count). The van der Waals surface area contributed by atoms with E-state index in [1.54, 1.807) is 18.6 Å². The summed E-state index contributed by atoms with van der Waals surface area (Å²) in [5.41, 5.74) is 2.36. The molecule has 1 aromatic heterocycles. The molecule has 0 unspecified atom stereocenters. The van der Waals surface area contributed by atoms with Crippen LogP contribution in [-0.2, 0) is 11.3 Å². The third-order valence-electron chi connectivity index (χ3n) is 5.20. The molecule has 1 aliphatic rings. The Morgan fingerprint density at radius 3 is 2.81 bits per heavy atom. The van der Waals surface area contributed by atoms with Crippen molar-refractivity contribution in [1.29, 1.82) is 0 Å². The molecule has 0 radical (unpaired) electrons. The minimum Gasteiger partial charge on any atom is -0.497 e. The summed E-state index contributed by atoms with van der Waals surface area (Å²) in [5.74, 6) is 0.882. The van der Waals surface area contributed by atoms with Crippen LogP contribution < -0.4 is 10.4 Å². The van der Waals surface area contributed by atoms with Gasteiger partial charge < -0.3 is 9.64 Å². The molecule has 2 aromatic rings. The first-order valence-corrected chi connectivity index (χ1v) is 9.48. The van der Waals surface area contributed by atoms with Crippen LogP contribution in [0.2, 0.25) is 0 Å². The van der Waals surface area contributed by atoms with Crippen LogP contribution in [0.1, 0.15) is 48.7 Å². The van der Waals surface area contributed by atoms with Crippen LogP contribution in [0.4, 0.5) is 0 Å². The average molecular weight is 369 g/mol. The van der Waals surface area contributed by atoms with Crippen molar-refractivity contribution in [3.05, 3.63) is 57.8 Å². The topological polar surface area (TPSA) is 64.4 Å². The van der Waals surface area contributed by atoms with Crippen molar-refractivity contribution in [2.75, 3.05) is 13.7 Å². The Morgan fingerprint density at radius 1 is 1.26 bits per heavy atom. The molecule has 1 fully saturated rings. The molecule has 1 atom stereocenters. The highest BCUT2D eigenvalue weighted by atomic mass is 16.5. The maximum Gasteiger partial charge on any atom is 0.347 e. The second-order valence-electron chi connectivity index (χ2n) is 7.10. The highest BCUT2D eigenvalue weighted by Crippen LogP contribution is 2.33. The highest BCUT2D eigenvalue weighted by Gasteiger charge is 2.28. The predicted octanol–water partition coefficient (Wildman–Crippen LogP) is 3.01. The lowest BCUT2D eigenvalue weighted by Crippen LogP contribution is -2.39. The molecule has 0 bridgehead atoms. The van der Waals surface area contributed by atoms with Crippen molar-refractivity contribution in [2.45, 2.75) is 52.1 Å². The van der Waals surface area contributed by atoms with Crippen molar-refractivity contribution >= 4 is 5.91 Å². The van der Waals surface area contributed by atoms with E-state index in [4.69, 9.17) is 4.74 Å². The van der Waals surface area contributed by atoms with Crippen LogP contribution in [-0.4, -0.2) is 34.0 Å². The normalized spacial score (nSPS) is 17.0. The molecule has 6 nitrogen and oxygen atoms in total. The molecule has 1 aromatic carbocycles. The van der Waals surface area contributed by atoms with Crippen molar-refractivity contribution in [3.8, 4) is 5.75 Å². The van der Waals surface area contributed by atoms with Gasteiger partial charge in [-0.15, -0.1) is 0 Å². The van der Waals surface area contributed by atoms with E-state index >= 15 is 0 Å². The van der Waals surface area contributed by atoms with E-state index in [1.165, 1.54) is 0 Å². The van der Waals surface area contributed by atoms with Gasteiger partial charge in [-0.25, -0.2) is 4.79 Å². The summed E-state index contributed by atoms with van der Waals surface area (Å²) in [6.07, 6.45) is 3.36. The molecule has 1 saturated heterocycles. The molecule has 0 N–H and O–H groups in total. The van der Waals surface area contributed by atoms with Gasteiger partial charge in [-0.2, -0.15) is 4.98 Å². The monoisotopic (exact) mass is 369 g/mol. The van der Waals surface area contributed by atoms with Crippen molar-refractivity contribution in [1.82, 2.24) is 14.5 Å². The number of nitrogens with zero attached hydrogens (tertiary/aromatic N) is 3. The Hall–Kier alpha value is -2.63. The van der Waals surface area contributed by atoms with E-state index in [0.29, 0.717) is 18.7 Å². The lowest BCUT2D eigenvalue weighted by molar-refractivity contribution is -0.135. The molecule has 27 heavy (non-hydrogen) atoms. The van der Waals surface area contributed by atoms with Crippen LogP contribution in [0.15, 0.2) is 35.1 Å². The molecule has 0 spiro atoms. The van der Waals surface area contributed by atoms with Crippen molar-refractivity contribution in [2.24, 2.45) is 0 Å². The number of hydrogen-bond acceptors (Lipinski definition) is 4. The van der Waals surface area contributed by atoms with Gasteiger partial charge in [-0.1, -0.05) is 12.1 Å². The fraction of sp³-hybridized carbons (Fsp3) is 0.476. The van der Waals surface area contributed by atoms with E-state index in [-0.39, 0.29) is 17.6 Å². The van der Waals surface area contributed by atoms with Gasteiger partial charge in [0.1, 0.15) is 5.75 Å². The number of aryl methyl sites for hydroxylation is 2. The largest absolute Gasteiger partial charge is 0.497 e. The standard InChI is InChI=1S/C21H27N3O3/c1-15-13-16(2)23(21(26)22-15)12-10-20(25)24-11-5-4-9-19(24)17-7-6-8-18(14-17)27-3/h6-8,13-14,19H,4-5,9-12H2,1-3H3/t19-/m0/s1. The van der Waals surface area contributed by atoms with Gasteiger partial charge in [0.15, 0.2) is 0 Å². The van der Waals surface area contributed by atoms with Gasteiger partial charge in [0.25, 0.3) is 0 Å². The smallest absolute Gasteiger partial charge is 0.347 e. The van der Waals surface area contributed by atoms with Crippen molar-refractivity contribution < 1.29 is 9.53 Å². The van der Waals surface area contributed by atoms with E-state index in [0.717, 1.165) is 42.8 Å². The van der Waals surface area contributed by atoms with E-state index in [1.807, 2.05) is 36.1 Å². The van der Waals surface area contributed by atoms with E-state index in [9.17, 15) is 9.59 Å². The van der Waals surface area contributed by atoms with Gasteiger partial charge in [0.2, 0.25) is 5.91 Å². The molecule has 1 aliphatic heterocycles. The summed E-state index contributed by atoms with van der Waals surface area (Å²) in [5, 5.41) is 0. The van der Waals surface area contributed by atoms with Gasteiger partial charge in [0.05, 0.1) is 13.2 Å². The second kappa shape index (κ2) is 8.37. The number of carbonyl (C=O) groups excluding carboxylic acids is 1. The number of aromatic nitrogens is 2. The number of ether oxygens (including phenoxy) is 1. The van der Waals surface area contributed by atoms with Crippen LogP contribution in [0.25, 0.3) is 0 Å². The fourth-order valence-corrected chi connectivity index (χ4v) is 3.82. The van der Waals surface area contributed by atoms with Crippen LogP contribution in [0.3, 0.4) is 0 Å². The fourth-order valence-electron chi connectivity index (χ4n) is 3.82. The maximum absolute atomic E-state index is 13.0. The molecule has 0 aliphatic carbocycles. The number of rotatable bonds is 5. The SMILES string of the molecule is COc1cccc([C@@H]2CCCCN2C(=O)CCn2c(C)cc(C)nc2=O)c1. The summed E-state index contributed by atoms with van der Waals surface area (Å²) in [6, 6.07) is 9.87. The summed E-state index contributed by atoms with van der Waals surface area (Å²) in [6.45, 7) is 4.79. The summed E-state index contributed by atoms with van der Waals surface area (Å²) >= 11 is 0. The average Bonchev–Trinajstić information content (AvgIpc) is 2.67. The summed E-state index contributed by atoms with van der Waals surface area (Å²) in [4.78, 5) is 31.0. The van der Waals surface area contributed by atoms with E-state index < -0.39 is 0 Å². The summed E-state index contributed by atoms with van der Waals surface area (Å²) in [7, 11) is 1.65. The number of carbonyl (C=O) groups is 1. The van der Waals surface area contributed by atoms with Crippen LogP contribution >= 0.6 is 0 Å². The number of piperidine rings is 1. The minimum atomic E-state index is -0.289. The molecule has 1 amide bonds. The Labute approximate surface area is 159 Å². The third-order valence-corrected chi connectivity index (χ3v) is 5.20. The molecule has 0 saturated carbocycles. The zero-order valence-electron chi connectivity index (χ0n) is 16.3. The number of methoxy groups -OCH3 is 1. The predicted molar refractivity (Wildman–Crippen MR) is 104 cm³/mol. The first kappa shape index (κ1) is 19.1. The molecular formula is C21H27N3O3. The zero-order chi connectivity index (χ0) is 19.4. The third kappa shape index (κ3) is 4.38. The molecule has 2 heterocycles. The first-order valence-electron chi connectivity index (χ1n) is 9.48. The van der Waals surface area contributed by atoms with Gasteiger partial charge in [-0.05, 0) is 56.9 Å². The lowest BCUT2D eigenvalue weighted by Gasteiger charge is -2.36. The highest BCUT2D eigenvalue weighted by molar-refractivity contribution is 5.76. The first-order chi connectivity index (χ1) is 13.0.